The molecule has 140 valence electrons. The second kappa shape index (κ2) is 7.91. The lowest BCUT2D eigenvalue weighted by Gasteiger charge is -2.21. The fourth-order valence-electron chi connectivity index (χ4n) is 2.33. The van der Waals surface area contributed by atoms with Crippen molar-refractivity contribution in [3.8, 4) is 0 Å². The van der Waals surface area contributed by atoms with Crippen molar-refractivity contribution in [1.82, 2.24) is 15.5 Å². The van der Waals surface area contributed by atoms with Crippen LogP contribution in [0, 0.1) is 5.92 Å². The van der Waals surface area contributed by atoms with Crippen LogP contribution in [0.4, 0.5) is 5.82 Å². The highest BCUT2D eigenvalue weighted by Gasteiger charge is 2.26. The number of carbonyl (C=O) groups is 2. The minimum Gasteiger partial charge on any atom is -0.340 e. The summed E-state index contributed by atoms with van der Waals surface area (Å²) >= 11 is 5.84. The Morgan fingerprint density at radius 2 is 1.77 bits per heavy atom. The number of hydrogen-bond donors (Lipinski definition) is 3. The maximum atomic E-state index is 12.6. The predicted octanol–water partition coefficient (Wildman–Crippen LogP) is 3.75. The van der Waals surface area contributed by atoms with Crippen molar-refractivity contribution in [2.75, 3.05) is 5.32 Å². The van der Waals surface area contributed by atoms with Crippen molar-refractivity contribution in [3.05, 3.63) is 46.6 Å². The van der Waals surface area contributed by atoms with Gasteiger partial charge in [-0.2, -0.15) is 5.10 Å². The Balaban J connectivity index is 2.08. The summed E-state index contributed by atoms with van der Waals surface area (Å²) in [6.45, 7) is 9.90. The average Bonchev–Trinajstić information content (AvgIpc) is 3.01. The number of carbonyl (C=O) groups excluding carboxylic acids is 2. The van der Waals surface area contributed by atoms with Crippen LogP contribution in [0.3, 0.4) is 0 Å². The van der Waals surface area contributed by atoms with Gasteiger partial charge in [0.2, 0.25) is 5.91 Å². The van der Waals surface area contributed by atoms with E-state index in [4.69, 9.17) is 11.6 Å². The number of halogens is 1. The van der Waals surface area contributed by atoms with Crippen LogP contribution >= 0.6 is 11.6 Å². The number of rotatable bonds is 5. The van der Waals surface area contributed by atoms with Crippen LogP contribution in [0.25, 0.3) is 0 Å². The van der Waals surface area contributed by atoms with E-state index < -0.39 is 6.04 Å². The van der Waals surface area contributed by atoms with Crippen LogP contribution < -0.4 is 10.6 Å². The number of nitrogens with one attached hydrogen (secondary N) is 3. The highest BCUT2D eigenvalue weighted by Crippen LogP contribution is 2.22. The molecule has 0 spiro atoms. The van der Waals surface area contributed by atoms with Gasteiger partial charge in [-0.25, -0.2) is 0 Å². The van der Waals surface area contributed by atoms with Gasteiger partial charge in [-0.05, 0) is 30.2 Å². The minimum absolute atomic E-state index is 0.0905. The lowest BCUT2D eigenvalue weighted by Crippen LogP contribution is -2.47. The summed E-state index contributed by atoms with van der Waals surface area (Å²) < 4.78 is 0. The Kier molecular flexibility index (Phi) is 6.08. The van der Waals surface area contributed by atoms with Crippen molar-refractivity contribution in [2.24, 2.45) is 5.92 Å². The standard InChI is InChI=1S/C19H25ClN4O2/c1-11(2)16(22-17(25)12-6-8-13(20)9-7-12)18(26)21-15-10-14(23-24-15)19(3,4)5/h6-11,16H,1-5H3,(H,22,25)(H2,21,23,24,26). The zero-order valence-electron chi connectivity index (χ0n) is 15.7. The van der Waals surface area contributed by atoms with Gasteiger partial charge in [-0.1, -0.05) is 46.2 Å². The van der Waals surface area contributed by atoms with E-state index in [1.54, 1.807) is 30.3 Å². The van der Waals surface area contributed by atoms with Crippen molar-refractivity contribution >= 4 is 29.2 Å². The second-order valence-electron chi connectivity index (χ2n) is 7.61. The van der Waals surface area contributed by atoms with Gasteiger partial charge in [0.1, 0.15) is 6.04 Å². The van der Waals surface area contributed by atoms with Crippen LogP contribution in [0.2, 0.25) is 5.02 Å². The largest absolute Gasteiger partial charge is 0.340 e. The zero-order chi connectivity index (χ0) is 19.5. The molecular formula is C19H25ClN4O2. The molecule has 26 heavy (non-hydrogen) atoms. The Morgan fingerprint density at radius 3 is 2.27 bits per heavy atom. The lowest BCUT2D eigenvalue weighted by atomic mass is 9.92. The Labute approximate surface area is 158 Å². The second-order valence-corrected chi connectivity index (χ2v) is 8.04. The molecule has 0 aliphatic carbocycles. The Morgan fingerprint density at radius 1 is 1.15 bits per heavy atom. The van der Waals surface area contributed by atoms with E-state index in [2.05, 4.69) is 41.6 Å². The van der Waals surface area contributed by atoms with Crippen LogP contribution in [-0.4, -0.2) is 28.1 Å². The highest BCUT2D eigenvalue weighted by molar-refractivity contribution is 6.30. The SMILES string of the molecule is CC(C)C(NC(=O)c1ccc(Cl)cc1)C(=O)Nc1cc(C(C)(C)C)[nH]n1. The molecule has 2 amide bonds. The third kappa shape index (κ3) is 5.08. The van der Waals surface area contributed by atoms with Gasteiger partial charge in [0, 0.05) is 27.8 Å². The number of benzene rings is 1. The van der Waals surface area contributed by atoms with Gasteiger partial charge in [0.05, 0.1) is 0 Å². The smallest absolute Gasteiger partial charge is 0.251 e. The number of nitrogens with zero attached hydrogens (tertiary/aromatic N) is 1. The normalized spacial score (nSPS) is 12.7. The third-order valence-electron chi connectivity index (χ3n) is 3.98. The van der Waals surface area contributed by atoms with E-state index in [-0.39, 0.29) is 23.1 Å². The Hall–Kier alpha value is -2.34. The van der Waals surface area contributed by atoms with Crippen LogP contribution in [0.15, 0.2) is 30.3 Å². The van der Waals surface area contributed by atoms with Crippen molar-refractivity contribution < 1.29 is 9.59 Å². The van der Waals surface area contributed by atoms with E-state index in [1.165, 1.54) is 0 Å². The molecule has 0 fully saturated rings. The summed E-state index contributed by atoms with van der Waals surface area (Å²) in [4.78, 5) is 25.0. The van der Waals surface area contributed by atoms with Crippen molar-refractivity contribution in [2.45, 2.75) is 46.1 Å². The van der Waals surface area contributed by atoms with E-state index in [1.807, 2.05) is 13.8 Å². The Bertz CT molecular complexity index is 776. The molecule has 1 unspecified atom stereocenters. The molecule has 0 radical (unpaired) electrons. The molecule has 0 aliphatic heterocycles. The number of H-pyrrole nitrogens is 1. The molecule has 1 heterocycles. The number of amides is 2. The summed E-state index contributed by atoms with van der Waals surface area (Å²) in [7, 11) is 0. The van der Waals surface area contributed by atoms with E-state index in [0.717, 1.165) is 5.69 Å². The average molecular weight is 377 g/mol. The van der Waals surface area contributed by atoms with Gasteiger partial charge < -0.3 is 10.6 Å². The minimum atomic E-state index is -0.687. The third-order valence-corrected chi connectivity index (χ3v) is 4.23. The summed E-state index contributed by atoms with van der Waals surface area (Å²) in [5.41, 5.74) is 1.26. The van der Waals surface area contributed by atoms with Crippen LogP contribution in [0.1, 0.15) is 50.7 Å². The fourth-order valence-corrected chi connectivity index (χ4v) is 2.46. The molecule has 2 rings (SSSR count). The van der Waals surface area contributed by atoms with Gasteiger partial charge in [0.15, 0.2) is 5.82 Å². The van der Waals surface area contributed by atoms with E-state index >= 15 is 0 Å². The molecule has 0 bridgehead atoms. The topological polar surface area (TPSA) is 86.9 Å². The first-order valence-electron chi connectivity index (χ1n) is 8.51. The molecule has 3 N–H and O–H groups in total. The maximum absolute atomic E-state index is 12.6. The van der Waals surface area contributed by atoms with Crippen LogP contribution in [0.5, 0.6) is 0 Å². The maximum Gasteiger partial charge on any atom is 0.251 e. The quantitative estimate of drug-likeness (QED) is 0.742. The van der Waals surface area contributed by atoms with Gasteiger partial charge >= 0.3 is 0 Å². The number of anilines is 1. The number of aromatic nitrogens is 2. The van der Waals surface area contributed by atoms with Crippen molar-refractivity contribution in [3.63, 3.8) is 0 Å². The number of aromatic amines is 1. The molecule has 0 saturated heterocycles. The first-order chi connectivity index (χ1) is 12.1. The van der Waals surface area contributed by atoms with E-state index in [9.17, 15) is 9.59 Å². The highest BCUT2D eigenvalue weighted by atomic mass is 35.5. The molecule has 1 aromatic carbocycles. The van der Waals surface area contributed by atoms with Gasteiger partial charge in [0.25, 0.3) is 5.91 Å². The first kappa shape index (κ1) is 20.0. The molecule has 2 aromatic rings. The number of hydrogen-bond acceptors (Lipinski definition) is 3. The van der Waals surface area contributed by atoms with Gasteiger partial charge in [-0.15, -0.1) is 0 Å². The van der Waals surface area contributed by atoms with Gasteiger partial charge in [-0.3, -0.25) is 14.7 Å². The summed E-state index contributed by atoms with van der Waals surface area (Å²) in [6, 6.07) is 7.63. The molecule has 6 nitrogen and oxygen atoms in total. The molecular weight excluding hydrogens is 352 g/mol. The fraction of sp³-hybridized carbons (Fsp3) is 0.421. The molecule has 0 saturated carbocycles. The monoisotopic (exact) mass is 376 g/mol. The summed E-state index contributed by atoms with van der Waals surface area (Å²) in [5, 5.41) is 13.1. The summed E-state index contributed by atoms with van der Waals surface area (Å²) in [5.74, 6) is -0.291. The van der Waals surface area contributed by atoms with Crippen molar-refractivity contribution in [1.29, 1.82) is 0 Å². The zero-order valence-corrected chi connectivity index (χ0v) is 16.4. The first-order valence-corrected chi connectivity index (χ1v) is 8.89. The molecule has 1 atom stereocenters. The van der Waals surface area contributed by atoms with Crippen LogP contribution in [-0.2, 0) is 10.2 Å². The van der Waals surface area contributed by atoms with E-state index in [0.29, 0.717) is 16.4 Å². The molecule has 1 aromatic heterocycles. The molecule has 7 heteroatoms. The molecule has 0 aliphatic rings. The predicted molar refractivity (Wildman–Crippen MR) is 103 cm³/mol. The lowest BCUT2D eigenvalue weighted by molar-refractivity contribution is -0.118. The summed E-state index contributed by atoms with van der Waals surface area (Å²) in [6.07, 6.45) is 0.